The smallest absolute Gasteiger partial charge is 0.330 e. The summed E-state index contributed by atoms with van der Waals surface area (Å²) in [6.07, 6.45) is 2.63. The Balaban J connectivity index is 3.32. The van der Waals surface area contributed by atoms with Crippen LogP contribution >= 0.6 is 0 Å². The van der Waals surface area contributed by atoms with Crippen LogP contribution in [0.5, 0.6) is 0 Å². The van der Waals surface area contributed by atoms with Gasteiger partial charge in [-0.2, -0.15) is 0 Å². The molecule has 0 fully saturated rings. The zero-order chi connectivity index (χ0) is 13.8. The summed E-state index contributed by atoms with van der Waals surface area (Å²) < 4.78 is 9.59. The molecule has 0 unspecified atom stereocenters. The molecule has 1 N–H and O–H groups in total. The average molecular weight is 258 g/mol. The number of carboxylic acid groups (broad SMARTS) is 1. The number of carbonyl (C=O) groups is 3. The normalized spacial score (nSPS) is 9.56. The fourth-order valence-electron chi connectivity index (χ4n) is 1.08. The fourth-order valence-corrected chi connectivity index (χ4v) is 1.08. The first kappa shape index (κ1) is 16.1. The van der Waals surface area contributed by atoms with E-state index in [0.29, 0.717) is 12.8 Å². The summed E-state index contributed by atoms with van der Waals surface area (Å²) in [6, 6.07) is 0. The highest BCUT2D eigenvalue weighted by atomic mass is 16.5. The monoisotopic (exact) mass is 258 g/mol. The van der Waals surface area contributed by atoms with Crippen LogP contribution in [-0.2, 0) is 23.9 Å². The molecule has 0 amide bonds. The molecule has 0 aliphatic heterocycles. The highest BCUT2D eigenvalue weighted by molar-refractivity contribution is 5.81. The minimum absolute atomic E-state index is 0.0351. The van der Waals surface area contributed by atoms with E-state index < -0.39 is 17.9 Å². The summed E-state index contributed by atoms with van der Waals surface area (Å²) in [6.45, 7) is 3.77. The van der Waals surface area contributed by atoms with Crippen molar-refractivity contribution in [2.75, 3.05) is 13.2 Å². The number of rotatable bonds is 10. The Hall–Kier alpha value is -1.85. The van der Waals surface area contributed by atoms with Crippen molar-refractivity contribution in [2.24, 2.45) is 0 Å². The minimum Gasteiger partial charge on any atom is -0.481 e. The van der Waals surface area contributed by atoms with E-state index in [4.69, 9.17) is 14.6 Å². The van der Waals surface area contributed by atoms with Crippen LogP contribution in [0.2, 0.25) is 0 Å². The fraction of sp³-hybridized carbons (Fsp3) is 0.583. The third-order valence-electron chi connectivity index (χ3n) is 1.98. The van der Waals surface area contributed by atoms with Crippen molar-refractivity contribution in [3.05, 3.63) is 12.7 Å². The van der Waals surface area contributed by atoms with Gasteiger partial charge in [-0.3, -0.25) is 9.59 Å². The summed E-state index contributed by atoms with van der Waals surface area (Å²) in [4.78, 5) is 31.9. The van der Waals surface area contributed by atoms with E-state index in [9.17, 15) is 14.4 Å². The molecule has 0 aliphatic carbocycles. The molecule has 102 valence electrons. The Labute approximate surface area is 106 Å². The lowest BCUT2D eigenvalue weighted by Gasteiger charge is -2.04. The molecule has 18 heavy (non-hydrogen) atoms. The van der Waals surface area contributed by atoms with Crippen LogP contribution in [0.1, 0.15) is 32.1 Å². The van der Waals surface area contributed by atoms with Crippen molar-refractivity contribution >= 4 is 17.9 Å². The lowest BCUT2D eigenvalue weighted by molar-refractivity contribution is -0.145. The summed E-state index contributed by atoms with van der Waals surface area (Å²) in [7, 11) is 0. The van der Waals surface area contributed by atoms with Gasteiger partial charge in [0.1, 0.15) is 0 Å². The van der Waals surface area contributed by atoms with E-state index in [1.165, 1.54) is 0 Å². The average Bonchev–Trinajstić information content (AvgIpc) is 2.32. The van der Waals surface area contributed by atoms with Crippen LogP contribution in [0.3, 0.4) is 0 Å². The Kier molecular flexibility index (Phi) is 9.25. The summed E-state index contributed by atoms with van der Waals surface area (Å²) in [5.74, 6) is -1.80. The second-order valence-corrected chi connectivity index (χ2v) is 3.55. The second-order valence-electron chi connectivity index (χ2n) is 3.55. The topological polar surface area (TPSA) is 89.9 Å². The standard InChI is InChI=1S/C12H18O6/c1-2-11(15)17-8-3-4-9-18-12(16)7-5-6-10(13)14/h2H,1,3-9H2,(H,13,14). The van der Waals surface area contributed by atoms with Gasteiger partial charge in [0, 0.05) is 18.9 Å². The van der Waals surface area contributed by atoms with Crippen LogP contribution in [0.4, 0.5) is 0 Å². The van der Waals surface area contributed by atoms with Crippen LogP contribution < -0.4 is 0 Å². The van der Waals surface area contributed by atoms with Crippen molar-refractivity contribution in [2.45, 2.75) is 32.1 Å². The number of carbonyl (C=O) groups excluding carboxylic acids is 2. The Bertz CT molecular complexity index is 297. The molecule has 0 aromatic heterocycles. The molecule has 6 heteroatoms. The lowest BCUT2D eigenvalue weighted by Crippen LogP contribution is -2.08. The van der Waals surface area contributed by atoms with E-state index in [-0.39, 0.29) is 32.5 Å². The Morgan fingerprint density at radius 1 is 1.00 bits per heavy atom. The van der Waals surface area contributed by atoms with Gasteiger partial charge in [0.15, 0.2) is 0 Å². The van der Waals surface area contributed by atoms with E-state index >= 15 is 0 Å². The maximum atomic E-state index is 11.1. The molecule has 0 aliphatic rings. The predicted octanol–water partition coefficient (Wildman–Crippen LogP) is 1.29. The first-order valence-corrected chi connectivity index (χ1v) is 5.73. The third kappa shape index (κ3) is 10.7. The SMILES string of the molecule is C=CC(=O)OCCCCOC(=O)CCCC(=O)O. The summed E-state index contributed by atoms with van der Waals surface area (Å²) >= 11 is 0. The molecular weight excluding hydrogens is 240 g/mol. The van der Waals surface area contributed by atoms with Crippen LogP contribution in [0, 0.1) is 0 Å². The van der Waals surface area contributed by atoms with Gasteiger partial charge in [-0.1, -0.05) is 6.58 Å². The van der Waals surface area contributed by atoms with E-state index in [1.807, 2.05) is 0 Å². The van der Waals surface area contributed by atoms with Crippen molar-refractivity contribution in [1.82, 2.24) is 0 Å². The molecule has 0 saturated heterocycles. The Morgan fingerprint density at radius 3 is 2.17 bits per heavy atom. The molecule has 0 aromatic rings. The predicted molar refractivity (Wildman–Crippen MR) is 62.8 cm³/mol. The minimum atomic E-state index is -0.924. The van der Waals surface area contributed by atoms with Crippen LogP contribution in [-0.4, -0.2) is 36.2 Å². The number of ether oxygens (including phenoxy) is 2. The second kappa shape index (κ2) is 10.3. The van der Waals surface area contributed by atoms with E-state index in [1.54, 1.807) is 0 Å². The number of hydrogen-bond acceptors (Lipinski definition) is 5. The van der Waals surface area contributed by atoms with Gasteiger partial charge >= 0.3 is 17.9 Å². The third-order valence-corrected chi connectivity index (χ3v) is 1.98. The molecule has 0 radical (unpaired) electrons. The van der Waals surface area contributed by atoms with Crippen molar-refractivity contribution in [3.8, 4) is 0 Å². The summed E-state index contributed by atoms with van der Waals surface area (Å²) in [5.41, 5.74) is 0. The van der Waals surface area contributed by atoms with Crippen molar-refractivity contribution in [3.63, 3.8) is 0 Å². The first-order chi connectivity index (χ1) is 8.56. The number of unbranched alkanes of at least 4 members (excludes halogenated alkanes) is 1. The molecule has 0 bridgehead atoms. The zero-order valence-electron chi connectivity index (χ0n) is 10.2. The first-order valence-electron chi connectivity index (χ1n) is 5.73. The van der Waals surface area contributed by atoms with E-state index in [2.05, 4.69) is 6.58 Å². The van der Waals surface area contributed by atoms with Crippen LogP contribution in [0.15, 0.2) is 12.7 Å². The largest absolute Gasteiger partial charge is 0.481 e. The van der Waals surface area contributed by atoms with Gasteiger partial charge in [-0.05, 0) is 19.3 Å². The molecule has 0 atom stereocenters. The van der Waals surface area contributed by atoms with Gasteiger partial charge in [0.25, 0.3) is 0 Å². The Morgan fingerprint density at radius 2 is 1.61 bits per heavy atom. The van der Waals surface area contributed by atoms with E-state index in [0.717, 1.165) is 6.08 Å². The quantitative estimate of drug-likeness (QED) is 0.361. The number of aliphatic carboxylic acids is 1. The number of carboxylic acids is 1. The van der Waals surface area contributed by atoms with Gasteiger partial charge < -0.3 is 14.6 Å². The highest BCUT2D eigenvalue weighted by Crippen LogP contribution is 1.99. The van der Waals surface area contributed by atoms with Gasteiger partial charge in [0.05, 0.1) is 13.2 Å². The lowest BCUT2D eigenvalue weighted by atomic mass is 10.2. The number of hydrogen-bond donors (Lipinski definition) is 1. The molecule has 0 saturated carbocycles. The van der Waals surface area contributed by atoms with Crippen LogP contribution in [0.25, 0.3) is 0 Å². The maximum Gasteiger partial charge on any atom is 0.330 e. The van der Waals surface area contributed by atoms with Crippen molar-refractivity contribution in [1.29, 1.82) is 0 Å². The van der Waals surface area contributed by atoms with Crippen molar-refractivity contribution < 1.29 is 29.0 Å². The highest BCUT2D eigenvalue weighted by Gasteiger charge is 2.04. The zero-order valence-corrected chi connectivity index (χ0v) is 10.2. The molecule has 0 rings (SSSR count). The maximum absolute atomic E-state index is 11.1. The molecule has 0 heterocycles. The van der Waals surface area contributed by atoms with Gasteiger partial charge in [-0.25, -0.2) is 4.79 Å². The summed E-state index contributed by atoms with van der Waals surface area (Å²) in [5, 5.41) is 8.36. The van der Waals surface area contributed by atoms with Gasteiger partial charge in [0.2, 0.25) is 0 Å². The molecule has 0 aromatic carbocycles. The number of esters is 2. The molecule has 6 nitrogen and oxygen atoms in total. The van der Waals surface area contributed by atoms with Gasteiger partial charge in [-0.15, -0.1) is 0 Å². The molecule has 0 spiro atoms. The molecular formula is C12H18O6.